The number of carbonyl (C=O) groups is 1. The van der Waals surface area contributed by atoms with Gasteiger partial charge in [0.2, 0.25) is 5.78 Å². The molecule has 0 N–H and O–H groups in total. The van der Waals surface area contributed by atoms with Gasteiger partial charge in [0.25, 0.3) is 0 Å². The van der Waals surface area contributed by atoms with E-state index < -0.39 is 15.6 Å². The lowest BCUT2D eigenvalue weighted by Crippen LogP contribution is -1.99. The van der Waals surface area contributed by atoms with E-state index in [1.807, 2.05) is 6.92 Å². The van der Waals surface area contributed by atoms with Crippen LogP contribution in [0, 0.1) is 6.92 Å². The van der Waals surface area contributed by atoms with E-state index in [4.69, 9.17) is 4.42 Å². The standard InChI is InChI=1S/C14H12O4S/c1-11-4-6-12(7-5-11)19(16,17)10-8-13(15)14-3-2-9-18-14/h2-10H,1H3. The SMILES string of the molecule is Cc1ccc(S(=O)(=O)C=CC(=O)c2ccco2)cc1. The maximum Gasteiger partial charge on any atom is 0.221 e. The lowest BCUT2D eigenvalue weighted by Gasteiger charge is -1.99. The molecule has 1 aromatic carbocycles. The average molecular weight is 276 g/mol. The van der Waals surface area contributed by atoms with Crippen molar-refractivity contribution >= 4 is 15.6 Å². The fourth-order valence-electron chi connectivity index (χ4n) is 1.46. The van der Waals surface area contributed by atoms with Gasteiger partial charge in [0.1, 0.15) is 0 Å². The Kier molecular flexibility index (Phi) is 3.66. The van der Waals surface area contributed by atoms with Crippen LogP contribution in [-0.4, -0.2) is 14.2 Å². The average Bonchev–Trinajstić information content (AvgIpc) is 2.90. The summed E-state index contributed by atoms with van der Waals surface area (Å²) in [6.45, 7) is 1.87. The third-order valence-corrected chi connectivity index (χ3v) is 3.94. The first-order valence-electron chi connectivity index (χ1n) is 5.57. The van der Waals surface area contributed by atoms with E-state index in [0.717, 1.165) is 17.0 Å². The normalized spacial score (nSPS) is 11.8. The van der Waals surface area contributed by atoms with Crippen LogP contribution in [0.4, 0.5) is 0 Å². The summed E-state index contributed by atoms with van der Waals surface area (Å²) in [5.41, 5.74) is 0.967. The molecule has 0 saturated heterocycles. The first-order chi connectivity index (χ1) is 8.99. The van der Waals surface area contributed by atoms with Gasteiger partial charge in [-0.25, -0.2) is 8.42 Å². The van der Waals surface area contributed by atoms with Crippen molar-refractivity contribution in [1.29, 1.82) is 0 Å². The Morgan fingerprint density at radius 2 is 1.84 bits per heavy atom. The predicted octanol–water partition coefficient (Wildman–Crippen LogP) is 2.76. The van der Waals surface area contributed by atoms with Crippen molar-refractivity contribution in [2.75, 3.05) is 0 Å². The third-order valence-electron chi connectivity index (χ3n) is 2.51. The molecule has 2 rings (SSSR count). The molecule has 1 aromatic heterocycles. The Bertz CT molecular complexity index is 692. The van der Waals surface area contributed by atoms with E-state index >= 15 is 0 Å². The number of carbonyl (C=O) groups excluding carboxylic acids is 1. The quantitative estimate of drug-likeness (QED) is 0.636. The van der Waals surface area contributed by atoms with E-state index in [2.05, 4.69) is 0 Å². The third kappa shape index (κ3) is 3.20. The minimum Gasteiger partial charge on any atom is -0.461 e. The van der Waals surface area contributed by atoms with Crippen LogP contribution in [0.3, 0.4) is 0 Å². The van der Waals surface area contributed by atoms with Gasteiger partial charge in [0, 0.05) is 11.5 Å². The molecular weight excluding hydrogens is 264 g/mol. The summed E-state index contributed by atoms with van der Waals surface area (Å²) in [4.78, 5) is 11.7. The van der Waals surface area contributed by atoms with Crippen LogP contribution >= 0.6 is 0 Å². The molecule has 0 atom stereocenters. The highest BCUT2D eigenvalue weighted by molar-refractivity contribution is 7.94. The Morgan fingerprint density at radius 1 is 1.16 bits per heavy atom. The fourth-order valence-corrected chi connectivity index (χ4v) is 2.43. The molecule has 5 heteroatoms. The van der Waals surface area contributed by atoms with Gasteiger partial charge in [-0.3, -0.25) is 4.79 Å². The van der Waals surface area contributed by atoms with Gasteiger partial charge in [-0.2, -0.15) is 0 Å². The minimum atomic E-state index is -3.61. The molecule has 98 valence electrons. The fraction of sp³-hybridized carbons (Fsp3) is 0.0714. The van der Waals surface area contributed by atoms with Gasteiger partial charge in [-0.1, -0.05) is 17.7 Å². The van der Waals surface area contributed by atoms with Gasteiger partial charge in [-0.05, 0) is 31.2 Å². The zero-order valence-corrected chi connectivity index (χ0v) is 11.1. The van der Waals surface area contributed by atoms with Crippen molar-refractivity contribution < 1.29 is 17.6 Å². The maximum atomic E-state index is 11.9. The van der Waals surface area contributed by atoms with Crippen LogP contribution in [-0.2, 0) is 9.84 Å². The first kappa shape index (κ1) is 13.3. The largest absolute Gasteiger partial charge is 0.461 e. The number of ketones is 1. The molecule has 0 unspecified atom stereocenters. The summed E-state index contributed by atoms with van der Waals surface area (Å²) in [7, 11) is -3.61. The van der Waals surface area contributed by atoms with Gasteiger partial charge >= 0.3 is 0 Å². The van der Waals surface area contributed by atoms with E-state index in [-0.39, 0.29) is 10.7 Å². The van der Waals surface area contributed by atoms with Crippen LogP contribution in [0.5, 0.6) is 0 Å². The van der Waals surface area contributed by atoms with E-state index in [1.54, 1.807) is 18.2 Å². The summed E-state index contributed by atoms with van der Waals surface area (Å²) in [6, 6.07) is 9.46. The molecular formula is C14H12O4S. The second kappa shape index (κ2) is 5.24. The molecule has 0 radical (unpaired) electrons. The number of benzene rings is 1. The molecule has 0 saturated carbocycles. The number of aryl methyl sites for hydroxylation is 1. The molecule has 0 fully saturated rings. The predicted molar refractivity (Wildman–Crippen MR) is 70.5 cm³/mol. The Labute approximate surface area is 111 Å². The van der Waals surface area contributed by atoms with Crippen LogP contribution in [0.1, 0.15) is 16.1 Å². The van der Waals surface area contributed by atoms with Crippen LogP contribution < -0.4 is 0 Å². The van der Waals surface area contributed by atoms with Crippen LogP contribution in [0.2, 0.25) is 0 Å². The van der Waals surface area contributed by atoms with Crippen molar-refractivity contribution in [3.8, 4) is 0 Å². The van der Waals surface area contributed by atoms with Crippen molar-refractivity contribution in [3.05, 3.63) is 65.5 Å². The van der Waals surface area contributed by atoms with Crippen molar-refractivity contribution in [1.82, 2.24) is 0 Å². The summed E-state index contributed by atoms with van der Waals surface area (Å²) in [6.07, 6.45) is 2.35. The molecule has 1 heterocycles. The van der Waals surface area contributed by atoms with Gasteiger partial charge < -0.3 is 4.42 Å². The Hall–Kier alpha value is -2.14. The van der Waals surface area contributed by atoms with Gasteiger partial charge in [0.15, 0.2) is 15.6 Å². The maximum absolute atomic E-state index is 11.9. The molecule has 19 heavy (non-hydrogen) atoms. The second-order valence-electron chi connectivity index (χ2n) is 4.00. The number of rotatable bonds is 4. The lowest BCUT2D eigenvalue weighted by atomic mass is 10.2. The number of hydrogen-bond acceptors (Lipinski definition) is 4. The minimum absolute atomic E-state index is 0.107. The summed E-state index contributed by atoms with van der Waals surface area (Å²) in [5.74, 6) is -0.379. The Morgan fingerprint density at radius 3 is 2.42 bits per heavy atom. The number of sulfone groups is 1. The highest BCUT2D eigenvalue weighted by atomic mass is 32.2. The highest BCUT2D eigenvalue weighted by Crippen LogP contribution is 2.13. The topological polar surface area (TPSA) is 64.3 Å². The molecule has 0 amide bonds. The van der Waals surface area contributed by atoms with Crippen molar-refractivity contribution in [2.45, 2.75) is 11.8 Å². The summed E-state index contributed by atoms with van der Waals surface area (Å²) < 4.78 is 28.8. The summed E-state index contributed by atoms with van der Waals surface area (Å²) >= 11 is 0. The van der Waals surface area contributed by atoms with E-state index in [9.17, 15) is 13.2 Å². The van der Waals surface area contributed by atoms with E-state index in [0.29, 0.717) is 0 Å². The smallest absolute Gasteiger partial charge is 0.221 e. The van der Waals surface area contributed by atoms with Crippen molar-refractivity contribution in [3.63, 3.8) is 0 Å². The molecule has 0 spiro atoms. The van der Waals surface area contributed by atoms with E-state index in [1.165, 1.54) is 24.5 Å². The summed E-state index contributed by atoms with van der Waals surface area (Å²) in [5, 5.41) is 0.891. The van der Waals surface area contributed by atoms with Gasteiger partial charge in [0.05, 0.1) is 11.2 Å². The van der Waals surface area contributed by atoms with Crippen molar-refractivity contribution in [2.24, 2.45) is 0 Å². The Balaban J connectivity index is 2.22. The van der Waals surface area contributed by atoms with Crippen LogP contribution in [0.25, 0.3) is 0 Å². The molecule has 2 aromatic rings. The van der Waals surface area contributed by atoms with Gasteiger partial charge in [-0.15, -0.1) is 0 Å². The molecule has 0 aliphatic carbocycles. The lowest BCUT2D eigenvalue weighted by molar-refractivity contribution is 0.102. The number of hydrogen-bond donors (Lipinski definition) is 0. The monoisotopic (exact) mass is 276 g/mol. The first-order valence-corrected chi connectivity index (χ1v) is 7.11. The molecule has 0 aliphatic heterocycles. The molecule has 0 bridgehead atoms. The number of allylic oxidation sites excluding steroid dienone is 1. The molecule has 0 aliphatic rings. The second-order valence-corrected chi connectivity index (χ2v) is 5.84. The number of furan rings is 1. The van der Waals surface area contributed by atoms with Crippen LogP contribution in [0.15, 0.2) is 63.5 Å². The highest BCUT2D eigenvalue weighted by Gasteiger charge is 2.12. The molecule has 4 nitrogen and oxygen atoms in total. The zero-order valence-electron chi connectivity index (χ0n) is 10.2. The zero-order chi connectivity index (χ0) is 13.9.